The molecule has 134 valence electrons. The number of fused-ring (bicyclic) bond motifs is 1. The Kier molecular flexibility index (Phi) is 4.63. The van der Waals surface area contributed by atoms with Gasteiger partial charge in [0.1, 0.15) is 24.6 Å². The van der Waals surface area contributed by atoms with Crippen LogP contribution in [0.5, 0.6) is 0 Å². The van der Waals surface area contributed by atoms with Gasteiger partial charge in [-0.25, -0.2) is 0 Å². The van der Waals surface area contributed by atoms with Gasteiger partial charge in [0, 0.05) is 5.92 Å². The number of ether oxygens (including phenoxy) is 3. The van der Waals surface area contributed by atoms with E-state index in [1.807, 2.05) is 20.8 Å². The van der Waals surface area contributed by atoms with E-state index >= 15 is 0 Å². The number of esters is 2. The quantitative estimate of drug-likeness (QED) is 0.550. The maximum absolute atomic E-state index is 12.1. The molecule has 4 aliphatic rings. The molecule has 2 saturated carbocycles. The Morgan fingerprint density at radius 2 is 2.04 bits per heavy atom. The molecule has 2 heterocycles. The van der Waals surface area contributed by atoms with Crippen LogP contribution in [0.4, 0.5) is 0 Å². The highest BCUT2D eigenvalue weighted by atomic mass is 16.6. The van der Waals surface area contributed by atoms with Crippen molar-refractivity contribution in [2.45, 2.75) is 65.1 Å². The number of carbonyl (C=O) groups excluding carboxylic acids is 2. The van der Waals surface area contributed by atoms with Crippen molar-refractivity contribution in [1.82, 2.24) is 0 Å². The largest absolute Gasteiger partial charge is 0.488 e. The van der Waals surface area contributed by atoms with Gasteiger partial charge in [0.2, 0.25) is 0 Å². The Morgan fingerprint density at radius 3 is 2.75 bits per heavy atom. The van der Waals surface area contributed by atoms with E-state index < -0.39 is 5.41 Å². The topological polar surface area (TPSA) is 61.8 Å². The first-order valence-corrected chi connectivity index (χ1v) is 9.02. The third-order valence-electron chi connectivity index (χ3n) is 5.94. The van der Waals surface area contributed by atoms with Gasteiger partial charge in [-0.2, -0.15) is 0 Å². The highest BCUT2D eigenvalue weighted by Crippen LogP contribution is 2.48. The van der Waals surface area contributed by atoms with Crippen LogP contribution in [0.3, 0.4) is 0 Å². The van der Waals surface area contributed by atoms with E-state index in [4.69, 9.17) is 14.2 Å². The second-order valence-electron chi connectivity index (χ2n) is 8.18. The molecule has 2 saturated heterocycles. The summed E-state index contributed by atoms with van der Waals surface area (Å²) in [7, 11) is 0. The van der Waals surface area contributed by atoms with Crippen LogP contribution in [0.2, 0.25) is 0 Å². The summed E-state index contributed by atoms with van der Waals surface area (Å²) in [4.78, 5) is 24.1. The fourth-order valence-electron chi connectivity index (χ4n) is 4.15. The Hall–Kier alpha value is -1.52. The molecule has 5 atom stereocenters. The zero-order chi connectivity index (χ0) is 17.5. The fraction of sp³-hybridized carbons (Fsp3) is 0.789. The lowest BCUT2D eigenvalue weighted by molar-refractivity contribution is -0.159. The summed E-state index contributed by atoms with van der Waals surface area (Å²) in [6.45, 7) is 9.63. The molecule has 24 heavy (non-hydrogen) atoms. The van der Waals surface area contributed by atoms with E-state index in [0.29, 0.717) is 24.0 Å². The van der Waals surface area contributed by atoms with Crippen molar-refractivity contribution in [3.8, 4) is 0 Å². The lowest BCUT2D eigenvalue weighted by Crippen LogP contribution is -2.44. The van der Waals surface area contributed by atoms with Gasteiger partial charge in [0.25, 0.3) is 0 Å². The van der Waals surface area contributed by atoms with Crippen molar-refractivity contribution in [2.24, 2.45) is 23.2 Å². The molecule has 2 aliphatic heterocycles. The molecule has 0 aromatic rings. The summed E-state index contributed by atoms with van der Waals surface area (Å²) in [6, 6.07) is 0. The Morgan fingerprint density at radius 1 is 1.29 bits per heavy atom. The first-order chi connectivity index (χ1) is 11.3. The maximum atomic E-state index is 12.1. The van der Waals surface area contributed by atoms with E-state index in [2.05, 4.69) is 6.58 Å². The predicted octanol–water partition coefficient (Wildman–Crippen LogP) is 3.23. The number of carbonyl (C=O) groups is 2. The van der Waals surface area contributed by atoms with E-state index in [1.165, 1.54) is 0 Å². The van der Waals surface area contributed by atoms with Crippen molar-refractivity contribution in [3.05, 3.63) is 12.3 Å². The van der Waals surface area contributed by atoms with Crippen LogP contribution in [0.15, 0.2) is 12.3 Å². The lowest BCUT2D eigenvalue weighted by atomic mass is 9.67. The molecule has 0 N–H and O–H groups in total. The van der Waals surface area contributed by atoms with Gasteiger partial charge in [0.15, 0.2) is 0 Å². The highest BCUT2D eigenvalue weighted by molar-refractivity contribution is 5.76. The smallest absolute Gasteiger partial charge is 0.311 e. The molecule has 0 radical (unpaired) electrons. The minimum atomic E-state index is -0.504. The maximum Gasteiger partial charge on any atom is 0.311 e. The molecule has 4 rings (SSSR count). The number of hydrogen-bond donors (Lipinski definition) is 0. The van der Waals surface area contributed by atoms with Crippen LogP contribution in [-0.4, -0.2) is 30.8 Å². The van der Waals surface area contributed by atoms with Crippen LogP contribution < -0.4 is 0 Å². The highest BCUT2D eigenvalue weighted by Gasteiger charge is 2.51. The van der Waals surface area contributed by atoms with E-state index in [1.54, 1.807) is 0 Å². The first kappa shape index (κ1) is 17.3. The molecule has 5 heteroatoms. The third-order valence-corrected chi connectivity index (χ3v) is 5.94. The van der Waals surface area contributed by atoms with Gasteiger partial charge in [-0.05, 0) is 51.9 Å². The van der Waals surface area contributed by atoms with E-state index in [-0.39, 0.29) is 36.7 Å². The van der Waals surface area contributed by atoms with Crippen LogP contribution in [-0.2, 0) is 23.8 Å². The molecule has 0 aromatic heterocycles. The molecule has 4 bridgehead atoms. The summed E-state index contributed by atoms with van der Waals surface area (Å²) in [5.74, 6) is 1.05. The van der Waals surface area contributed by atoms with Crippen molar-refractivity contribution in [2.75, 3.05) is 6.61 Å². The normalized spacial score (nSPS) is 34.5. The van der Waals surface area contributed by atoms with Gasteiger partial charge in [-0.1, -0.05) is 13.5 Å². The van der Waals surface area contributed by atoms with Gasteiger partial charge in [-0.3, -0.25) is 9.59 Å². The van der Waals surface area contributed by atoms with Gasteiger partial charge in [-0.15, -0.1) is 0 Å². The van der Waals surface area contributed by atoms with Crippen molar-refractivity contribution < 1.29 is 23.8 Å². The molecule has 0 spiro atoms. The van der Waals surface area contributed by atoms with E-state index in [9.17, 15) is 9.59 Å². The minimum Gasteiger partial charge on any atom is -0.488 e. The number of hydrogen-bond acceptors (Lipinski definition) is 5. The van der Waals surface area contributed by atoms with Crippen LogP contribution >= 0.6 is 0 Å². The summed E-state index contributed by atoms with van der Waals surface area (Å²) in [6.07, 6.45) is 4.14. The zero-order valence-electron chi connectivity index (χ0n) is 14.9. The average molecular weight is 336 g/mol. The molecule has 0 amide bonds. The predicted molar refractivity (Wildman–Crippen MR) is 87.9 cm³/mol. The van der Waals surface area contributed by atoms with Crippen molar-refractivity contribution in [3.63, 3.8) is 0 Å². The summed E-state index contributed by atoms with van der Waals surface area (Å²) < 4.78 is 17.0. The molecule has 5 nitrogen and oxygen atoms in total. The molecule has 0 aromatic carbocycles. The van der Waals surface area contributed by atoms with Crippen LogP contribution in [0.1, 0.15) is 52.9 Å². The zero-order valence-corrected chi connectivity index (χ0v) is 14.9. The minimum absolute atomic E-state index is 0.0313. The molecule has 4 fully saturated rings. The Labute approximate surface area is 143 Å². The monoisotopic (exact) mass is 336 g/mol. The molecular weight excluding hydrogens is 308 g/mol. The summed E-state index contributed by atoms with van der Waals surface area (Å²) >= 11 is 0. The van der Waals surface area contributed by atoms with Crippen LogP contribution in [0.25, 0.3) is 0 Å². The average Bonchev–Trinajstić information content (AvgIpc) is 2.70. The second kappa shape index (κ2) is 6.41. The van der Waals surface area contributed by atoms with Crippen molar-refractivity contribution in [1.29, 1.82) is 0 Å². The Balaban J connectivity index is 1.57. The summed E-state index contributed by atoms with van der Waals surface area (Å²) in [5, 5.41) is 0. The molecular formula is C19H28O5. The molecule has 5 unspecified atom stereocenters. The standard InChI is InChI=1S/C19H28O5/c1-5-19(3,4)18(21)22-10-11(2)23-16-13-6-12-7-14(9-13)17(20)24-15(16)8-12/h12-16H,2,5-10H2,1,3-4H3. The van der Waals surface area contributed by atoms with Crippen LogP contribution in [0, 0.1) is 23.2 Å². The van der Waals surface area contributed by atoms with Gasteiger partial charge < -0.3 is 14.2 Å². The van der Waals surface area contributed by atoms with Gasteiger partial charge >= 0.3 is 11.9 Å². The van der Waals surface area contributed by atoms with E-state index in [0.717, 1.165) is 25.7 Å². The third kappa shape index (κ3) is 3.31. The SMILES string of the molecule is C=C(COC(=O)C(C)(C)CC)OC1C2CC3CC(C2)C(=O)OC1C3. The second-order valence-corrected chi connectivity index (χ2v) is 8.18. The Bertz CT molecular complexity index is 538. The fourth-order valence-corrected chi connectivity index (χ4v) is 4.15. The van der Waals surface area contributed by atoms with Crippen molar-refractivity contribution >= 4 is 11.9 Å². The summed E-state index contributed by atoms with van der Waals surface area (Å²) in [5.41, 5.74) is -0.504. The van der Waals surface area contributed by atoms with Gasteiger partial charge in [0.05, 0.1) is 11.3 Å². The lowest BCUT2D eigenvalue weighted by Gasteiger charge is -2.42. The number of rotatable bonds is 6. The molecule has 2 aliphatic carbocycles. The first-order valence-electron chi connectivity index (χ1n) is 9.02.